The number of aromatic nitrogens is 4. The monoisotopic (exact) mass is 381 g/mol. The summed E-state index contributed by atoms with van der Waals surface area (Å²) in [6.45, 7) is 6.10. The van der Waals surface area contributed by atoms with Gasteiger partial charge >= 0.3 is 0 Å². The highest BCUT2D eigenvalue weighted by Gasteiger charge is 2.15. The lowest BCUT2D eigenvalue weighted by molar-refractivity contribution is -0.127. The van der Waals surface area contributed by atoms with Crippen LogP contribution in [0.25, 0.3) is 5.82 Å². The third-order valence-electron chi connectivity index (χ3n) is 4.23. The molecule has 0 saturated heterocycles. The number of hydrogen-bond donors (Lipinski definition) is 1. The molecule has 3 rings (SSSR count). The molecule has 2 aromatic heterocycles. The molecule has 1 aromatic carbocycles. The number of ether oxygens (including phenoxy) is 1. The second-order valence-electron chi connectivity index (χ2n) is 6.52. The van der Waals surface area contributed by atoms with E-state index in [1.807, 2.05) is 32.0 Å². The Labute approximate surface area is 162 Å². The van der Waals surface area contributed by atoms with Gasteiger partial charge < -0.3 is 10.1 Å². The highest BCUT2D eigenvalue weighted by atomic mass is 16.5. The molecule has 1 N–H and O–H groups in total. The van der Waals surface area contributed by atoms with Gasteiger partial charge in [0.05, 0.1) is 6.54 Å². The molecule has 0 aliphatic rings. The summed E-state index contributed by atoms with van der Waals surface area (Å²) >= 11 is 0. The Morgan fingerprint density at radius 2 is 2.07 bits per heavy atom. The Morgan fingerprint density at radius 1 is 1.25 bits per heavy atom. The van der Waals surface area contributed by atoms with E-state index < -0.39 is 6.10 Å². The van der Waals surface area contributed by atoms with Crippen LogP contribution in [0.4, 0.5) is 0 Å². The van der Waals surface area contributed by atoms with E-state index in [2.05, 4.69) is 15.5 Å². The summed E-state index contributed by atoms with van der Waals surface area (Å²) in [4.78, 5) is 24.3. The van der Waals surface area contributed by atoms with Crippen LogP contribution >= 0.6 is 0 Å². The highest BCUT2D eigenvalue weighted by Crippen LogP contribution is 2.20. The molecule has 3 aromatic rings. The predicted molar refractivity (Wildman–Crippen MR) is 105 cm³/mol. The van der Waals surface area contributed by atoms with E-state index in [1.165, 1.54) is 10.7 Å². The Balaban J connectivity index is 1.57. The van der Waals surface area contributed by atoms with Gasteiger partial charge in [-0.1, -0.05) is 12.1 Å². The second-order valence-corrected chi connectivity index (χ2v) is 6.52. The summed E-state index contributed by atoms with van der Waals surface area (Å²) in [5.74, 6) is 0.965. The lowest BCUT2D eigenvalue weighted by atomic mass is 10.1. The first-order valence-electron chi connectivity index (χ1n) is 9.04. The Bertz CT molecular complexity index is 1010. The van der Waals surface area contributed by atoms with Crippen LogP contribution in [-0.2, 0) is 11.3 Å². The van der Waals surface area contributed by atoms with E-state index in [-0.39, 0.29) is 24.6 Å². The maximum atomic E-state index is 12.3. The van der Waals surface area contributed by atoms with Crippen molar-refractivity contribution >= 4 is 5.91 Å². The van der Waals surface area contributed by atoms with Crippen LogP contribution in [0.3, 0.4) is 0 Å². The van der Waals surface area contributed by atoms with Crippen molar-refractivity contribution in [2.75, 3.05) is 6.54 Å². The third-order valence-corrected chi connectivity index (χ3v) is 4.23. The van der Waals surface area contributed by atoms with Crippen LogP contribution < -0.4 is 15.6 Å². The van der Waals surface area contributed by atoms with Crippen LogP contribution in [0.2, 0.25) is 0 Å². The topological polar surface area (TPSA) is 91.0 Å². The smallest absolute Gasteiger partial charge is 0.266 e. The maximum Gasteiger partial charge on any atom is 0.266 e. The zero-order valence-corrected chi connectivity index (χ0v) is 16.1. The Morgan fingerprint density at radius 3 is 2.82 bits per heavy atom. The molecule has 1 atom stereocenters. The standard InChI is InChI=1S/C20H23N5O3/c1-14-5-6-15(2)17(13-14)28-16(3)20(27)21-10-12-25-19(26)8-7-18(23-25)24-11-4-9-22-24/h4-9,11,13,16H,10,12H2,1-3H3,(H,21,27). The summed E-state index contributed by atoms with van der Waals surface area (Å²) in [7, 11) is 0. The lowest BCUT2D eigenvalue weighted by Gasteiger charge is -2.17. The zero-order valence-electron chi connectivity index (χ0n) is 16.1. The largest absolute Gasteiger partial charge is 0.481 e. The molecule has 8 heteroatoms. The van der Waals surface area contributed by atoms with Gasteiger partial charge in [-0.15, -0.1) is 5.10 Å². The van der Waals surface area contributed by atoms with Crippen LogP contribution in [-0.4, -0.2) is 38.1 Å². The molecule has 0 spiro atoms. The van der Waals surface area contributed by atoms with Gasteiger partial charge in [-0.25, -0.2) is 9.36 Å². The van der Waals surface area contributed by atoms with Crippen LogP contribution in [0.1, 0.15) is 18.1 Å². The molecule has 28 heavy (non-hydrogen) atoms. The zero-order chi connectivity index (χ0) is 20.1. The van der Waals surface area contributed by atoms with Gasteiger partial charge in [0.1, 0.15) is 5.75 Å². The summed E-state index contributed by atoms with van der Waals surface area (Å²) in [6, 6.07) is 10.7. The van der Waals surface area contributed by atoms with E-state index >= 15 is 0 Å². The summed E-state index contributed by atoms with van der Waals surface area (Å²) in [6.07, 6.45) is 2.72. The molecule has 146 valence electrons. The van der Waals surface area contributed by atoms with Crippen molar-refractivity contribution in [1.29, 1.82) is 0 Å². The third kappa shape index (κ3) is 4.64. The summed E-state index contributed by atoms with van der Waals surface area (Å²) < 4.78 is 8.64. The van der Waals surface area contributed by atoms with Gasteiger partial charge in [-0.2, -0.15) is 5.10 Å². The fraction of sp³-hybridized carbons (Fsp3) is 0.300. The Hall–Kier alpha value is -3.42. The maximum absolute atomic E-state index is 12.3. The molecule has 0 fully saturated rings. The number of amides is 1. The summed E-state index contributed by atoms with van der Waals surface area (Å²) in [5.41, 5.74) is 1.79. The number of rotatable bonds is 7. The molecule has 1 unspecified atom stereocenters. The molecular formula is C20H23N5O3. The minimum atomic E-state index is -0.652. The molecule has 8 nitrogen and oxygen atoms in total. The number of hydrogen-bond acceptors (Lipinski definition) is 5. The first-order valence-corrected chi connectivity index (χ1v) is 9.04. The number of benzene rings is 1. The molecule has 1 amide bonds. The first kappa shape index (κ1) is 19.3. The fourth-order valence-corrected chi connectivity index (χ4v) is 2.63. The van der Waals surface area contributed by atoms with E-state index in [0.717, 1.165) is 11.1 Å². The molecular weight excluding hydrogens is 358 g/mol. The number of nitrogens with one attached hydrogen (secondary N) is 1. The van der Waals surface area contributed by atoms with Gasteiger partial charge in [0, 0.05) is 25.0 Å². The van der Waals surface area contributed by atoms with Gasteiger partial charge in [0.15, 0.2) is 11.9 Å². The van der Waals surface area contributed by atoms with E-state index in [4.69, 9.17) is 4.74 Å². The average Bonchev–Trinajstić information content (AvgIpc) is 3.20. The van der Waals surface area contributed by atoms with Gasteiger partial charge in [0.2, 0.25) is 0 Å². The van der Waals surface area contributed by atoms with Gasteiger partial charge in [0.25, 0.3) is 11.5 Å². The number of carbonyl (C=O) groups excluding carboxylic acids is 1. The van der Waals surface area contributed by atoms with E-state index in [1.54, 1.807) is 36.1 Å². The highest BCUT2D eigenvalue weighted by molar-refractivity contribution is 5.80. The number of nitrogens with zero attached hydrogens (tertiary/aromatic N) is 4. The summed E-state index contributed by atoms with van der Waals surface area (Å²) in [5, 5.41) is 11.1. The van der Waals surface area contributed by atoms with Crippen molar-refractivity contribution in [2.45, 2.75) is 33.4 Å². The molecule has 0 aliphatic heterocycles. The average molecular weight is 381 g/mol. The van der Waals surface area contributed by atoms with Crippen molar-refractivity contribution < 1.29 is 9.53 Å². The molecule has 2 heterocycles. The van der Waals surface area contributed by atoms with Crippen molar-refractivity contribution in [3.63, 3.8) is 0 Å². The fourth-order valence-electron chi connectivity index (χ4n) is 2.63. The first-order chi connectivity index (χ1) is 13.4. The van der Waals surface area contributed by atoms with Crippen molar-refractivity contribution in [3.05, 3.63) is 70.3 Å². The molecule has 0 radical (unpaired) electrons. The van der Waals surface area contributed by atoms with Gasteiger partial charge in [-0.05, 0) is 50.1 Å². The van der Waals surface area contributed by atoms with Crippen molar-refractivity contribution in [2.24, 2.45) is 0 Å². The Kier molecular flexibility index (Phi) is 5.88. The van der Waals surface area contributed by atoms with Crippen LogP contribution in [0.5, 0.6) is 5.75 Å². The second kappa shape index (κ2) is 8.51. The van der Waals surface area contributed by atoms with E-state index in [0.29, 0.717) is 11.6 Å². The van der Waals surface area contributed by atoms with E-state index in [9.17, 15) is 9.59 Å². The normalized spacial score (nSPS) is 11.8. The van der Waals surface area contributed by atoms with Crippen LogP contribution in [0.15, 0.2) is 53.6 Å². The molecule has 0 bridgehead atoms. The van der Waals surface area contributed by atoms with Gasteiger partial charge in [-0.3, -0.25) is 9.59 Å². The lowest BCUT2D eigenvalue weighted by Crippen LogP contribution is -2.39. The number of carbonyl (C=O) groups is 1. The SMILES string of the molecule is Cc1ccc(C)c(OC(C)C(=O)NCCn2nc(-n3cccn3)ccc2=O)c1. The number of aryl methyl sites for hydroxylation is 2. The minimum Gasteiger partial charge on any atom is -0.481 e. The van der Waals surface area contributed by atoms with Crippen LogP contribution in [0, 0.1) is 13.8 Å². The predicted octanol–water partition coefficient (Wildman–Crippen LogP) is 1.63. The van der Waals surface area contributed by atoms with Crippen molar-refractivity contribution in [3.8, 4) is 11.6 Å². The molecule has 0 saturated carbocycles. The minimum absolute atomic E-state index is 0.246. The molecule has 0 aliphatic carbocycles. The quantitative estimate of drug-likeness (QED) is 0.672. The van der Waals surface area contributed by atoms with Crippen molar-refractivity contribution in [1.82, 2.24) is 24.9 Å².